The Morgan fingerprint density at radius 1 is 0.923 bits per heavy atom. The van der Waals surface area contributed by atoms with Crippen LogP contribution in [-0.2, 0) is 9.59 Å². The van der Waals surface area contributed by atoms with Gasteiger partial charge in [0.2, 0.25) is 11.8 Å². The molecule has 0 atom stereocenters. The van der Waals surface area contributed by atoms with Crippen molar-refractivity contribution in [1.82, 2.24) is 5.43 Å². The van der Waals surface area contributed by atoms with Crippen molar-refractivity contribution in [2.24, 2.45) is 5.10 Å². The van der Waals surface area contributed by atoms with E-state index in [1.807, 2.05) is 0 Å². The second-order valence-electron chi connectivity index (χ2n) is 5.37. The third kappa shape index (κ3) is 7.04. The van der Waals surface area contributed by atoms with Gasteiger partial charge in [-0.15, -0.1) is 0 Å². The Morgan fingerprint density at radius 2 is 1.58 bits per heavy atom. The molecular formula is C18H16Cl3N3O2. The van der Waals surface area contributed by atoms with Gasteiger partial charge in [-0.3, -0.25) is 9.59 Å². The second-order valence-corrected chi connectivity index (χ2v) is 6.65. The maximum absolute atomic E-state index is 11.8. The molecule has 0 heterocycles. The third-order valence-corrected chi connectivity index (χ3v) is 4.11. The largest absolute Gasteiger partial charge is 0.326 e. The van der Waals surface area contributed by atoms with E-state index < -0.39 is 0 Å². The van der Waals surface area contributed by atoms with Crippen LogP contribution in [0.5, 0.6) is 0 Å². The molecule has 2 N–H and O–H groups in total. The molecule has 0 aliphatic carbocycles. The minimum atomic E-state index is -0.286. The van der Waals surface area contributed by atoms with Crippen LogP contribution in [0.2, 0.25) is 15.1 Å². The normalized spacial score (nSPS) is 10.7. The SMILES string of the molecule is O=C(CCCC(=O)Nc1ccc(Cl)cc1)NN=Cc1ccc(Cl)cc1Cl. The number of amides is 2. The summed E-state index contributed by atoms with van der Waals surface area (Å²) in [6, 6.07) is 11.8. The Bertz CT molecular complexity index is 808. The van der Waals surface area contributed by atoms with Gasteiger partial charge in [-0.25, -0.2) is 5.43 Å². The highest BCUT2D eigenvalue weighted by Gasteiger charge is 2.05. The number of hydrogen-bond acceptors (Lipinski definition) is 3. The highest BCUT2D eigenvalue weighted by atomic mass is 35.5. The zero-order valence-corrected chi connectivity index (χ0v) is 15.9. The first-order valence-electron chi connectivity index (χ1n) is 7.76. The Morgan fingerprint density at radius 3 is 2.27 bits per heavy atom. The molecular weight excluding hydrogens is 397 g/mol. The molecule has 136 valence electrons. The molecule has 2 amide bonds. The Balaban J connectivity index is 1.69. The van der Waals surface area contributed by atoms with Crippen LogP contribution in [0, 0.1) is 0 Å². The first-order valence-corrected chi connectivity index (χ1v) is 8.90. The van der Waals surface area contributed by atoms with Gasteiger partial charge in [0.1, 0.15) is 0 Å². The number of nitrogens with zero attached hydrogens (tertiary/aromatic N) is 1. The van der Waals surface area contributed by atoms with Gasteiger partial charge in [0.15, 0.2) is 0 Å². The fourth-order valence-corrected chi connectivity index (χ4v) is 2.59. The molecule has 0 saturated heterocycles. The van der Waals surface area contributed by atoms with Crippen LogP contribution in [0.15, 0.2) is 47.6 Å². The molecule has 2 aromatic rings. The molecule has 0 aromatic heterocycles. The number of nitrogens with one attached hydrogen (secondary N) is 2. The molecule has 0 radical (unpaired) electrons. The number of rotatable bonds is 7. The number of halogens is 3. The lowest BCUT2D eigenvalue weighted by Crippen LogP contribution is -2.18. The van der Waals surface area contributed by atoms with E-state index in [2.05, 4.69) is 15.8 Å². The summed E-state index contributed by atoms with van der Waals surface area (Å²) in [5, 5.41) is 8.13. The number of anilines is 1. The number of hydrogen-bond donors (Lipinski definition) is 2. The topological polar surface area (TPSA) is 70.6 Å². The summed E-state index contributed by atoms with van der Waals surface area (Å²) in [5.74, 6) is -0.456. The minimum absolute atomic E-state index is 0.170. The second kappa shape index (κ2) is 10.2. The summed E-state index contributed by atoms with van der Waals surface area (Å²) in [5.41, 5.74) is 3.69. The summed E-state index contributed by atoms with van der Waals surface area (Å²) >= 11 is 17.6. The lowest BCUT2D eigenvalue weighted by Gasteiger charge is -2.05. The molecule has 0 spiro atoms. The quantitative estimate of drug-likeness (QED) is 0.501. The number of carbonyl (C=O) groups is 2. The van der Waals surface area contributed by atoms with Crippen molar-refractivity contribution in [2.45, 2.75) is 19.3 Å². The Hall–Kier alpha value is -2.08. The van der Waals surface area contributed by atoms with Crippen LogP contribution < -0.4 is 10.7 Å². The lowest BCUT2D eigenvalue weighted by atomic mass is 10.2. The maximum atomic E-state index is 11.8. The van der Waals surface area contributed by atoms with Crippen LogP contribution in [0.25, 0.3) is 0 Å². The van der Waals surface area contributed by atoms with Crippen molar-refractivity contribution < 1.29 is 9.59 Å². The third-order valence-electron chi connectivity index (χ3n) is 3.29. The minimum Gasteiger partial charge on any atom is -0.326 e. The zero-order valence-electron chi connectivity index (χ0n) is 13.6. The van der Waals surface area contributed by atoms with Crippen molar-refractivity contribution in [3.8, 4) is 0 Å². The van der Waals surface area contributed by atoms with E-state index in [1.165, 1.54) is 6.21 Å². The van der Waals surface area contributed by atoms with E-state index >= 15 is 0 Å². The summed E-state index contributed by atoms with van der Waals surface area (Å²) < 4.78 is 0. The number of benzene rings is 2. The highest BCUT2D eigenvalue weighted by Crippen LogP contribution is 2.19. The van der Waals surface area contributed by atoms with E-state index in [4.69, 9.17) is 34.8 Å². The molecule has 0 aliphatic heterocycles. The molecule has 0 bridgehead atoms. The van der Waals surface area contributed by atoms with Gasteiger partial charge in [0.25, 0.3) is 0 Å². The average molecular weight is 413 g/mol. The summed E-state index contributed by atoms with van der Waals surface area (Å²) in [6.07, 6.45) is 2.24. The van der Waals surface area contributed by atoms with Gasteiger partial charge in [-0.05, 0) is 42.8 Å². The van der Waals surface area contributed by atoms with Gasteiger partial charge in [0, 0.05) is 34.1 Å². The van der Waals surface area contributed by atoms with Crippen molar-refractivity contribution in [3.05, 3.63) is 63.1 Å². The Kier molecular flexibility index (Phi) is 7.91. The Labute approximate surface area is 166 Å². The van der Waals surface area contributed by atoms with Crippen molar-refractivity contribution in [3.63, 3.8) is 0 Å². The fourth-order valence-electron chi connectivity index (χ4n) is 2.00. The fraction of sp³-hybridized carbons (Fsp3) is 0.167. The lowest BCUT2D eigenvalue weighted by molar-refractivity contribution is -0.121. The number of hydrazone groups is 1. The van der Waals surface area contributed by atoms with Crippen molar-refractivity contribution in [2.75, 3.05) is 5.32 Å². The van der Waals surface area contributed by atoms with Crippen LogP contribution in [0.3, 0.4) is 0 Å². The van der Waals surface area contributed by atoms with E-state index in [0.717, 1.165) is 0 Å². The van der Waals surface area contributed by atoms with Crippen LogP contribution in [0.4, 0.5) is 5.69 Å². The molecule has 5 nitrogen and oxygen atoms in total. The van der Waals surface area contributed by atoms with Crippen molar-refractivity contribution >= 4 is 58.5 Å². The van der Waals surface area contributed by atoms with Gasteiger partial charge >= 0.3 is 0 Å². The van der Waals surface area contributed by atoms with E-state index in [0.29, 0.717) is 32.7 Å². The van der Waals surface area contributed by atoms with Crippen LogP contribution in [-0.4, -0.2) is 18.0 Å². The molecule has 2 aromatic carbocycles. The molecule has 0 aliphatic rings. The van der Waals surface area contributed by atoms with Gasteiger partial charge < -0.3 is 5.32 Å². The van der Waals surface area contributed by atoms with E-state index in [-0.39, 0.29) is 24.7 Å². The molecule has 2 rings (SSSR count). The van der Waals surface area contributed by atoms with Crippen molar-refractivity contribution in [1.29, 1.82) is 0 Å². The molecule has 0 saturated carbocycles. The van der Waals surface area contributed by atoms with Crippen LogP contribution in [0.1, 0.15) is 24.8 Å². The summed E-state index contributed by atoms with van der Waals surface area (Å²) in [4.78, 5) is 23.5. The monoisotopic (exact) mass is 411 g/mol. The van der Waals surface area contributed by atoms with Gasteiger partial charge in [0.05, 0.1) is 11.2 Å². The number of carbonyl (C=O) groups excluding carboxylic acids is 2. The first-order chi connectivity index (χ1) is 12.4. The molecule has 8 heteroatoms. The predicted molar refractivity (Wildman–Crippen MR) is 106 cm³/mol. The summed E-state index contributed by atoms with van der Waals surface area (Å²) in [7, 11) is 0. The maximum Gasteiger partial charge on any atom is 0.240 e. The molecule has 26 heavy (non-hydrogen) atoms. The first kappa shape index (κ1) is 20.2. The predicted octanol–water partition coefficient (Wildman–Crippen LogP) is 4.91. The highest BCUT2D eigenvalue weighted by molar-refractivity contribution is 6.36. The molecule has 0 unspecified atom stereocenters. The van der Waals surface area contributed by atoms with E-state index in [1.54, 1.807) is 42.5 Å². The molecule has 0 fully saturated rings. The van der Waals surface area contributed by atoms with Gasteiger partial charge in [-0.1, -0.05) is 40.9 Å². The van der Waals surface area contributed by atoms with Gasteiger partial charge in [-0.2, -0.15) is 5.10 Å². The average Bonchev–Trinajstić information content (AvgIpc) is 2.59. The summed E-state index contributed by atoms with van der Waals surface area (Å²) in [6.45, 7) is 0. The van der Waals surface area contributed by atoms with E-state index in [9.17, 15) is 9.59 Å². The smallest absolute Gasteiger partial charge is 0.240 e. The van der Waals surface area contributed by atoms with Crippen LogP contribution >= 0.6 is 34.8 Å². The zero-order chi connectivity index (χ0) is 18.9. The standard InChI is InChI=1S/C18H16Cl3N3O2/c19-13-6-8-15(9-7-13)23-17(25)2-1-3-18(26)24-22-11-12-4-5-14(20)10-16(12)21/h4-11H,1-3H2,(H,23,25)(H,24,26).